The summed E-state index contributed by atoms with van der Waals surface area (Å²) in [6, 6.07) is 16.0. The molecule has 0 aliphatic heterocycles. The average Bonchev–Trinajstić information content (AvgIpc) is 2.85. The molecule has 3 aromatic carbocycles. The van der Waals surface area contributed by atoms with E-state index in [4.69, 9.17) is 14.2 Å². The maximum Gasteiger partial charge on any atom is 0.272 e. The van der Waals surface area contributed by atoms with E-state index in [1.807, 2.05) is 0 Å². The number of hydrogen-bond donors (Lipinski definition) is 2. The first kappa shape index (κ1) is 24.3. The van der Waals surface area contributed by atoms with Crippen LogP contribution in [0.25, 0.3) is 6.08 Å². The normalized spacial score (nSPS) is 10.9. The van der Waals surface area contributed by atoms with E-state index >= 15 is 0 Å². The highest BCUT2D eigenvalue weighted by Crippen LogP contribution is 2.28. The van der Waals surface area contributed by atoms with Crippen molar-refractivity contribution in [2.24, 2.45) is 0 Å². The van der Waals surface area contributed by atoms with E-state index in [-0.39, 0.29) is 16.9 Å². The molecule has 0 aromatic heterocycles. The molecule has 0 atom stereocenters. The van der Waals surface area contributed by atoms with E-state index in [1.165, 1.54) is 39.5 Å². The van der Waals surface area contributed by atoms with Crippen molar-refractivity contribution < 1.29 is 28.2 Å². The molecule has 3 aromatic rings. The molecule has 0 aliphatic carbocycles. The minimum Gasteiger partial charge on any atom is -0.496 e. The minimum atomic E-state index is -0.636. The Balaban J connectivity index is 1.95. The molecule has 0 aliphatic rings. The lowest BCUT2D eigenvalue weighted by Gasteiger charge is -2.14. The predicted molar refractivity (Wildman–Crippen MR) is 128 cm³/mol. The Morgan fingerprint density at radius 3 is 2.24 bits per heavy atom. The van der Waals surface area contributed by atoms with E-state index in [0.29, 0.717) is 28.4 Å². The topological polar surface area (TPSA) is 85.9 Å². The van der Waals surface area contributed by atoms with Crippen LogP contribution in [0.15, 0.2) is 66.4 Å². The Morgan fingerprint density at radius 1 is 0.853 bits per heavy atom. The monoisotopic (exact) mass is 464 g/mol. The second kappa shape index (κ2) is 11.0. The molecular formula is C26H25FN2O5. The smallest absolute Gasteiger partial charge is 0.272 e. The number of methoxy groups -OCH3 is 3. The number of amides is 2. The number of rotatable bonds is 8. The van der Waals surface area contributed by atoms with E-state index in [9.17, 15) is 14.0 Å². The lowest BCUT2D eigenvalue weighted by atomic mass is 10.1. The highest BCUT2D eigenvalue weighted by atomic mass is 19.1. The fourth-order valence-electron chi connectivity index (χ4n) is 3.14. The number of ether oxygens (including phenoxy) is 3. The number of halogens is 1. The van der Waals surface area contributed by atoms with Gasteiger partial charge in [0.25, 0.3) is 11.8 Å². The number of carbonyl (C=O) groups excluding carboxylic acids is 2. The van der Waals surface area contributed by atoms with Crippen LogP contribution in [-0.2, 0) is 4.79 Å². The van der Waals surface area contributed by atoms with Crippen LogP contribution in [0.2, 0.25) is 0 Å². The van der Waals surface area contributed by atoms with Gasteiger partial charge < -0.3 is 24.8 Å². The molecule has 3 rings (SSSR count). The van der Waals surface area contributed by atoms with Gasteiger partial charge in [0, 0.05) is 16.8 Å². The van der Waals surface area contributed by atoms with Gasteiger partial charge >= 0.3 is 0 Å². The van der Waals surface area contributed by atoms with E-state index in [1.54, 1.807) is 55.5 Å². The third kappa shape index (κ3) is 5.72. The van der Waals surface area contributed by atoms with Crippen LogP contribution in [-0.4, -0.2) is 33.1 Å². The highest BCUT2D eigenvalue weighted by molar-refractivity contribution is 6.10. The summed E-state index contributed by atoms with van der Waals surface area (Å²) in [5.41, 5.74) is 1.45. The summed E-state index contributed by atoms with van der Waals surface area (Å²) < 4.78 is 29.8. The minimum absolute atomic E-state index is 0.0646. The summed E-state index contributed by atoms with van der Waals surface area (Å²) in [6.45, 7) is 1.62. The van der Waals surface area contributed by atoms with Gasteiger partial charge in [0.2, 0.25) is 0 Å². The molecule has 7 nitrogen and oxygen atoms in total. The quantitative estimate of drug-likeness (QED) is 0.477. The SMILES string of the molecule is COc1ccccc1C=C(NC(=O)c1ccc(OC)c(OC)c1)C(=O)Nc1ccc(C)c(F)c1. The molecule has 0 bridgehead atoms. The molecule has 0 radical (unpaired) electrons. The summed E-state index contributed by atoms with van der Waals surface area (Å²) in [5, 5.41) is 5.25. The van der Waals surface area contributed by atoms with Crippen LogP contribution < -0.4 is 24.8 Å². The van der Waals surface area contributed by atoms with Gasteiger partial charge in [-0.3, -0.25) is 9.59 Å². The predicted octanol–water partition coefficient (Wildman–Crippen LogP) is 4.57. The number of carbonyl (C=O) groups is 2. The van der Waals surface area contributed by atoms with Crippen molar-refractivity contribution in [2.75, 3.05) is 26.6 Å². The number of para-hydroxylation sites is 1. The molecule has 0 unspecified atom stereocenters. The molecule has 0 saturated carbocycles. The summed E-state index contributed by atoms with van der Waals surface area (Å²) in [5.74, 6) is -0.305. The second-order valence-corrected chi connectivity index (χ2v) is 7.24. The van der Waals surface area contributed by atoms with Crippen molar-refractivity contribution in [2.45, 2.75) is 6.92 Å². The van der Waals surface area contributed by atoms with Gasteiger partial charge in [-0.15, -0.1) is 0 Å². The van der Waals surface area contributed by atoms with Crippen LogP contribution in [0.1, 0.15) is 21.5 Å². The van der Waals surface area contributed by atoms with Crippen LogP contribution >= 0.6 is 0 Å². The molecule has 176 valence electrons. The summed E-state index contributed by atoms with van der Waals surface area (Å²) in [4.78, 5) is 26.1. The first-order valence-corrected chi connectivity index (χ1v) is 10.3. The van der Waals surface area contributed by atoms with Gasteiger partial charge in [-0.1, -0.05) is 24.3 Å². The number of nitrogens with one attached hydrogen (secondary N) is 2. The zero-order valence-electron chi connectivity index (χ0n) is 19.3. The van der Waals surface area contributed by atoms with Crippen molar-refractivity contribution in [1.82, 2.24) is 5.32 Å². The maximum absolute atomic E-state index is 14.0. The first-order valence-electron chi connectivity index (χ1n) is 10.3. The zero-order chi connectivity index (χ0) is 24.7. The van der Waals surface area contributed by atoms with Crippen molar-refractivity contribution in [3.05, 3.63) is 88.9 Å². The largest absolute Gasteiger partial charge is 0.496 e. The molecule has 0 fully saturated rings. The Hall–Kier alpha value is -4.33. The number of aryl methyl sites for hydroxylation is 1. The maximum atomic E-state index is 14.0. The lowest BCUT2D eigenvalue weighted by molar-refractivity contribution is -0.113. The van der Waals surface area contributed by atoms with Gasteiger partial charge in [-0.2, -0.15) is 0 Å². The Morgan fingerprint density at radius 2 is 1.56 bits per heavy atom. The Labute approximate surface area is 197 Å². The third-order valence-electron chi connectivity index (χ3n) is 5.01. The van der Waals surface area contributed by atoms with E-state index in [2.05, 4.69) is 10.6 Å². The third-order valence-corrected chi connectivity index (χ3v) is 5.01. The number of benzene rings is 3. The van der Waals surface area contributed by atoms with Gasteiger partial charge in [0.15, 0.2) is 11.5 Å². The summed E-state index contributed by atoms with van der Waals surface area (Å²) >= 11 is 0. The van der Waals surface area contributed by atoms with E-state index in [0.717, 1.165) is 0 Å². The fourth-order valence-corrected chi connectivity index (χ4v) is 3.14. The van der Waals surface area contributed by atoms with Crippen LogP contribution in [0.5, 0.6) is 17.2 Å². The molecule has 8 heteroatoms. The molecular weight excluding hydrogens is 439 g/mol. The molecule has 2 amide bonds. The standard InChI is InChI=1S/C26H25FN2O5/c1-16-9-11-19(15-20(16)27)28-26(31)21(13-17-7-5-6-8-22(17)32-2)29-25(30)18-10-12-23(33-3)24(14-18)34-4/h5-15H,1-4H3,(H,28,31)(H,29,30). The van der Waals surface area contributed by atoms with E-state index < -0.39 is 17.6 Å². The van der Waals surface area contributed by atoms with Crippen LogP contribution in [0.3, 0.4) is 0 Å². The fraction of sp³-hybridized carbons (Fsp3) is 0.154. The molecule has 34 heavy (non-hydrogen) atoms. The van der Waals surface area contributed by atoms with Crippen LogP contribution in [0, 0.1) is 12.7 Å². The summed E-state index contributed by atoms with van der Waals surface area (Å²) in [7, 11) is 4.45. The average molecular weight is 464 g/mol. The van der Waals surface area contributed by atoms with Gasteiger partial charge in [0.05, 0.1) is 21.3 Å². The first-order chi connectivity index (χ1) is 16.4. The van der Waals surface area contributed by atoms with Gasteiger partial charge in [-0.25, -0.2) is 4.39 Å². The molecule has 0 spiro atoms. The van der Waals surface area contributed by atoms with Gasteiger partial charge in [-0.05, 0) is 55.0 Å². The number of hydrogen-bond acceptors (Lipinski definition) is 5. The molecule has 0 saturated heterocycles. The summed E-state index contributed by atoms with van der Waals surface area (Å²) in [6.07, 6.45) is 1.48. The Kier molecular flexibility index (Phi) is 7.87. The molecule has 2 N–H and O–H groups in total. The van der Waals surface area contributed by atoms with Crippen LogP contribution in [0.4, 0.5) is 10.1 Å². The molecule has 0 heterocycles. The van der Waals surface area contributed by atoms with Crippen molar-refractivity contribution >= 4 is 23.6 Å². The van der Waals surface area contributed by atoms with Gasteiger partial charge in [0.1, 0.15) is 17.3 Å². The highest BCUT2D eigenvalue weighted by Gasteiger charge is 2.18. The number of anilines is 1. The van der Waals surface area contributed by atoms with Crippen molar-refractivity contribution in [3.63, 3.8) is 0 Å². The Bertz CT molecular complexity index is 1240. The second-order valence-electron chi connectivity index (χ2n) is 7.24. The lowest BCUT2D eigenvalue weighted by Crippen LogP contribution is -2.30. The van der Waals surface area contributed by atoms with Crippen molar-refractivity contribution in [1.29, 1.82) is 0 Å². The zero-order valence-corrected chi connectivity index (χ0v) is 19.3. The van der Waals surface area contributed by atoms with Crippen molar-refractivity contribution in [3.8, 4) is 17.2 Å².